The number of halogens is 1. The maximum absolute atomic E-state index is 13.3. The van der Waals surface area contributed by atoms with Crippen molar-refractivity contribution in [3.8, 4) is 17.2 Å². The largest absolute Gasteiger partial charge is 0.497 e. The summed E-state index contributed by atoms with van der Waals surface area (Å²) < 4.78 is 12.8. The van der Waals surface area contributed by atoms with Crippen molar-refractivity contribution < 1.29 is 14.3 Å². The lowest BCUT2D eigenvalue weighted by molar-refractivity contribution is 0.102. The molecule has 0 atom stereocenters. The number of nitrogens with zero attached hydrogens (tertiary/aromatic N) is 2. The van der Waals surface area contributed by atoms with Gasteiger partial charge in [0.25, 0.3) is 11.5 Å². The third-order valence-electron chi connectivity index (χ3n) is 5.07. The van der Waals surface area contributed by atoms with E-state index in [1.165, 1.54) is 11.8 Å². The molecule has 0 spiro atoms. The van der Waals surface area contributed by atoms with E-state index < -0.39 is 5.91 Å². The Bertz CT molecular complexity index is 1400. The second kappa shape index (κ2) is 8.84. The third-order valence-corrected chi connectivity index (χ3v) is 5.57. The van der Waals surface area contributed by atoms with E-state index in [0.29, 0.717) is 33.6 Å². The van der Waals surface area contributed by atoms with Crippen LogP contribution in [0.4, 0.5) is 5.69 Å². The molecule has 1 heterocycles. The van der Waals surface area contributed by atoms with E-state index in [2.05, 4.69) is 26.3 Å². The van der Waals surface area contributed by atoms with Crippen molar-refractivity contribution in [2.24, 2.45) is 0 Å². The molecule has 1 N–H and O–H groups in total. The first-order chi connectivity index (χ1) is 15.4. The van der Waals surface area contributed by atoms with Crippen molar-refractivity contribution in [3.63, 3.8) is 0 Å². The third kappa shape index (κ3) is 3.97. The van der Waals surface area contributed by atoms with Crippen molar-refractivity contribution in [1.82, 2.24) is 9.78 Å². The molecule has 0 saturated heterocycles. The van der Waals surface area contributed by atoms with E-state index in [0.717, 1.165) is 10.0 Å². The molecule has 7 nitrogen and oxygen atoms in total. The Labute approximate surface area is 192 Å². The molecule has 0 aliphatic carbocycles. The molecule has 3 aromatic carbocycles. The van der Waals surface area contributed by atoms with Crippen molar-refractivity contribution in [2.75, 3.05) is 19.5 Å². The number of nitrogens with one attached hydrogen (secondary N) is 1. The molecule has 0 fully saturated rings. The molecule has 4 aromatic rings. The fourth-order valence-corrected chi connectivity index (χ4v) is 3.90. The first-order valence-corrected chi connectivity index (χ1v) is 10.5. The number of ether oxygens (including phenoxy) is 2. The normalized spacial score (nSPS) is 10.8. The quantitative estimate of drug-likeness (QED) is 0.434. The summed E-state index contributed by atoms with van der Waals surface area (Å²) in [5, 5.41) is 8.18. The van der Waals surface area contributed by atoms with Crippen LogP contribution in [0.25, 0.3) is 16.5 Å². The van der Waals surface area contributed by atoms with Crippen LogP contribution in [-0.4, -0.2) is 29.9 Å². The molecule has 0 saturated carbocycles. The van der Waals surface area contributed by atoms with Crippen LogP contribution < -0.4 is 20.3 Å². The Morgan fingerprint density at radius 3 is 2.44 bits per heavy atom. The first-order valence-electron chi connectivity index (χ1n) is 9.75. The summed E-state index contributed by atoms with van der Waals surface area (Å²) >= 11 is 3.42. The number of benzene rings is 3. The predicted molar refractivity (Wildman–Crippen MR) is 127 cm³/mol. The van der Waals surface area contributed by atoms with Gasteiger partial charge in [0, 0.05) is 21.6 Å². The lowest BCUT2D eigenvalue weighted by atomic mass is 10.1. The zero-order valence-corrected chi connectivity index (χ0v) is 19.3. The second-order valence-corrected chi connectivity index (χ2v) is 7.98. The van der Waals surface area contributed by atoms with Gasteiger partial charge in [-0.05, 0) is 48.9 Å². The molecule has 0 aliphatic heterocycles. The Morgan fingerprint density at radius 1 is 1.00 bits per heavy atom. The van der Waals surface area contributed by atoms with Gasteiger partial charge in [-0.2, -0.15) is 9.78 Å². The lowest BCUT2D eigenvalue weighted by Gasteiger charge is -2.15. The van der Waals surface area contributed by atoms with E-state index in [1.54, 1.807) is 49.6 Å². The molecular formula is C24H20BrN3O4. The number of hydrogen-bond donors (Lipinski definition) is 1. The number of carbonyl (C=O) groups is 1. The molecule has 8 heteroatoms. The number of fused-ring (bicyclic) bond motifs is 1. The smallest absolute Gasteiger partial charge is 0.279 e. The van der Waals surface area contributed by atoms with Gasteiger partial charge in [-0.25, -0.2) is 0 Å². The highest BCUT2D eigenvalue weighted by Crippen LogP contribution is 2.28. The highest BCUT2D eigenvalue weighted by atomic mass is 79.9. The van der Waals surface area contributed by atoms with E-state index in [-0.39, 0.29) is 11.3 Å². The van der Waals surface area contributed by atoms with Gasteiger partial charge in [-0.15, -0.1) is 0 Å². The van der Waals surface area contributed by atoms with Gasteiger partial charge < -0.3 is 14.8 Å². The maximum atomic E-state index is 13.3. The highest BCUT2D eigenvalue weighted by Gasteiger charge is 2.20. The SMILES string of the molecule is COc1ccc(-n2nc(C(=O)Nc3ccc(Br)cc3C)c3ccccc3c2=O)c(OC)c1. The molecule has 162 valence electrons. The number of anilines is 1. The number of rotatable bonds is 5. The van der Waals surface area contributed by atoms with Crippen LogP contribution in [0.1, 0.15) is 16.1 Å². The predicted octanol–water partition coefficient (Wildman–Crippen LogP) is 4.73. The number of aromatic nitrogens is 2. The van der Waals surface area contributed by atoms with E-state index in [9.17, 15) is 9.59 Å². The molecule has 1 aromatic heterocycles. The zero-order valence-electron chi connectivity index (χ0n) is 17.7. The fraction of sp³-hybridized carbons (Fsp3) is 0.125. The molecule has 0 aliphatic rings. The van der Waals surface area contributed by atoms with E-state index >= 15 is 0 Å². The minimum Gasteiger partial charge on any atom is -0.497 e. The summed E-state index contributed by atoms with van der Waals surface area (Å²) in [5.41, 5.74) is 1.71. The van der Waals surface area contributed by atoms with Crippen molar-refractivity contribution >= 4 is 38.3 Å². The summed E-state index contributed by atoms with van der Waals surface area (Å²) in [6.45, 7) is 1.90. The molecule has 32 heavy (non-hydrogen) atoms. The van der Waals surface area contributed by atoms with Gasteiger partial charge in [0.1, 0.15) is 17.2 Å². The maximum Gasteiger partial charge on any atom is 0.279 e. The molecule has 4 rings (SSSR count). The fourth-order valence-electron chi connectivity index (χ4n) is 3.43. The second-order valence-electron chi connectivity index (χ2n) is 7.06. The molecule has 0 bridgehead atoms. The van der Waals surface area contributed by atoms with Crippen molar-refractivity contribution in [1.29, 1.82) is 0 Å². The van der Waals surface area contributed by atoms with Crippen molar-refractivity contribution in [2.45, 2.75) is 6.92 Å². The number of methoxy groups -OCH3 is 2. The lowest BCUT2D eigenvalue weighted by Crippen LogP contribution is -2.27. The standard InChI is InChI=1S/C24H20BrN3O4/c1-14-12-15(25)8-10-19(14)26-23(29)22-17-6-4-5-7-18(17)24(30)28(27-22)20-11-9-16(31-2)13-21(20)32-3/h4-13H,1-3H3,(H,26,29). The van der Waals surface area contributed by atoms with Gasteiger partial charge >= 0.3 is 0 Å². The van der Waals surface area contributed by atoms with Crippen LogP contribution in [-0.2, 0) is 0 Å². The molecule has 1 amide bonds. The summed E-state index contributed by atoms with van der Waals surface area (Å²) in [7, 11) is 3.04. The summed E-state index contributed by atoms with van der Waals surface area (Å²) in [4.78, 5) is 26.5. The monoisotopic (exact) mass is 493 g/mol. The Kier molecular flexibility index (Phi) is 5.96. The minimum absolute atomic E-state index is 0.125. The van der Waals surface area contributed by atoms with Gasteiger partial charge in [-0.1, -0.05) is 34.1 Å². The first kappa shape index (κ1) is 21.6. The average molecular weight is 494 g/mol. The molecule has 0 unspecified atom stereocenters. The number of amides is 1. The summed E-state index contributed by atoms with van der Waals surface area (Å²) in [6, 6.07) is 17.5. The van der Waals surface area contributed by atoms with E-state index in [4.69, 9.17) is 9.47 Å². The topological polar surface area (TPSA) is 82.5 Å². The Morgan fingerprint density at radius 2 is 1.75 bits per heavy atom. The highest BCUT2D eigenvalue weighted by molar-refractivity contribution is 9.10. The average Bonchev–Trinajstić information content (AvgIpc) is 2.81. The minimum atomic E-state index is -0.423. The van der Waals surface area contributed by atoms with Crippen LogP contribution in [0.3, 0.4) is 0 Å². The number of hydrogen-bond acceptors (Lipinski definition) is 5. The summed E-state index contributed by atoms with van der Waals surface area (Å²) in [6.07, 6.45) is 0. The van der Waals surface area contributed by atoms with Crippen LogP contribution in [0.2, 0.25) is 0 Å². The van der Waals surface area contributed by atoms with Gasteiger partial charge in [0.15, 0.2) is 5.69 Å². The Hall–Kier alpha value is -3.65. The number of carbonyl (C=O) groups excluding carboxylic acids is 1. The Balaban J connectivity index is 1.90. The number of aryl methyl sites for hydroxylation is 1. The van der Waals surface area contributed by atoms with E-state index in [1.807, 2.05) is 25.1 Å². The van der Waals surface area contributed by atoms with Gasteiger partial charge in [-0.3, -0.25) is 9.59 Å². The van der Waals surface area contributed by atoms with Crippen LogP contribution in [0.15, 0.2) is 69.9 Å². The van der Waals surface area contributed by atoms with Gasteiger partial charge in [0.05, 0.1) is 19.6 Å². The molecule has 0 radical (unpaired) electrons. The molecular weight excluding hydrogens is 474 g/mol. The van der Waals surface area contributed by atoms with Crippen molar-refractivity contribution in [3.05, 3.63) is 86.7 Å². The summed E-state index contributed by atoms with van der Waals surface area (Å²) in [5.74, 6) is 0.542. The van der Waals surface area contributed by atoms with Crippen LogP contribution in [0.5, 0.6) is 11.5 Å². The van der Waals surface area contributed by atoms with Gasteiger partial charge in [0.2, 0.25) is 0 Å². The van der Waals surface area contributed by atoms with Crippen LogP contribution >= 0.6 is 15.9 Å². The van der Waals surface area contributed by atoms with Crippen LogP contribution in [0, 0.1) is 6.92 Å². The zero-order chi connectivity index (χ0) is 22.8.